The maximum absolute atomic E-state index is 12.8. The number of piperidine rings is 1. The summed E-state index contributed by atoms with van der Waals surface area (Å²) in [5.74, 6) is 1.32. The Bertz CT molecular complexity index is 736. The van der Waals surface area contributed by atoms with Gasteiger partial charge in [-0.2, -0.15) is 0 Å². The van der Waals surface area contributed by atoms with E-state index < -0.39 is 0 Å². The van der Waals surface area contributed by atoms with Gasteiger partial charge in [0.05, 0.1) is 17.2 Å². The maximum Gasteiger partial charge on any atom is 0.265 e. The number of nitrogens with one attached hydrogen (secondary N) is 2. The molecule has 1 amide bonds. The van der Waals surface area contributed by atoms with Crippen molar-refractivity contribution in [3.63, 3.8) is 0 Å². The first-order valence-electron chi connectivity index (χ1n) is 8.60. The molecule has 2 fully saturated rings. The van der Waals surface area contributed by atoms with Crippen LogP contribution in [0.15, 0.2) is 35.8 Å². The highest BCUT2D eigenvalue weighted by molar-refractivity contribution is 7.11. The fraction of sp³-hybridized carbons (Fsp3) is 0.444. The molecule has 2 N–H and O–H groups in total. The Morgan fingerprint density at radius 3 is 2.96 bits per heavy atom. The number of likely N-dealkylation sites (tertiary alicyclic amines) is 1. The second kappa shape index (κ2) is 7.11. The molecule has 0 bridgehead atoms. The highest BCUT2D eigenvalue weighted by Gasteiger charge is 2.41. The van der Waals surface area contributed by atoms with Crippen LogP contribution in [0.4, 0.5) is 0 Å². The van der Waals surface area contributed by atoms with Gasteiger partial charge in [0.25, 0.3) is 5.91 Å². The standard InChI is InChI=1S/C18H22N4O2S/c1-12-17(25-11-19-12)18(23)22-8-7-15-14(9-22)16(21-20-15)10-24-13-5-3-2-4-6-13/h2-6,11,14-16,20-21H,7-10H2,1H3. The molecule has 2 aromatic rings. The number of aromatic nitrogens is 1. The van der Waals surface area contributed by atoms with Gasteiger partial charge in [0.1, 0.15) is 17.2 Å². The predicted octanol–water partition coefficient (Wildman–Crippen LogP) is 1.84. The molecule has 2 saturated heterocycles. The van der Waals surface area contributed by atoms with E-state index in [1.807, 2.05) is 42.2 Å². The molecular formula is C18H22N4O2S. The fourth-order valence-corrected chi connectivity index (χ4v) is 4.36. The number of hydrazine groups is 1. The van der Waals surface area contributed by atoms with Crippen molar-refractivity contribution in [1.29, 1.82) is 0 Å². The largest absolute Gasteiger partial charge is 0.492 e. The van der Waals surface area contributed by atoms with Crippen LogP contribution in [0, 0.1) is 12.8 Å². The van der Waals surface area contributed by atoms with Crippen molar-refractivity contribution in [3.8, 4) is 5.75 Å². The minimum Gasteiger partial charge on any atom is -0.492 e. The zero-order valence-electron chi connectivity index (χ0n) is 14.1. The average molecular weight is 358 g/mol. The van der Waals surface area contributed by atoms with Crippen LogP contribution in [0.25, 0.3) is 0 Å². The van der Waals surface area contributed by atoms with Gasteiger partial charge in [-0.05, 0) is 25.5 Å². The highest BCUT2D eigenvalue weighted by atomic mass is 32.1. The number of hydrogen-bond acceptors (Lipinski definition) is 6. The van der Waals surface area contributed by atoms with Crippen LogP contribution < -0.4 is 15.6 Å². The summed E-state index contributed by atoms with van der Waals surface area (Å²) in [6.45, 7) is 3.99. The Morgan fingerprint density at radius 1 is 1.36 bits per heavy atom. The first-order chi connectivity index (χ1) is 12.2. The number of hydrogen-bond donors (Lipinski definition) is 2. The number of fused-ring (bicyclic) bond motifs is 1. The SMILES string of the molecule is Cc1ncsc1C(=O)N1CCC2NNC(COc3ccccc3)C2C1. The number of nitrogens with zero attached hydrogens (tertiary/aromatic N) is 2. The van der Waals surface area contributed by atoms with Gasteiger partial charge in [-0.15, -0.1) is 11.3 Å². The monoisotopic (exact) mass is 358 g/mol. The molecule has 6 nitrogen and oxygen atoms in total. The van der Waals surface area contributed by atoms with Crippen LogP contribution in [-0.4, -0.2) is 47.6 Å². The third-order valence-corrected chi connectivity index (χ3v) is 5.95. The lowest BCUT2D eigenvalue weighted by molar-refractivity contribution is 0.0644. The summed E-state index contributed by atoms with van der Waals surface area (Å²) < 4.78 is 5.91. The summed E-state index contributed by atoms with van der Waals surface area (Å²) in [6.07, 6.45) is 0.948. The smallest absolute Gasteiger partial charge is 0.265 e. The van der Waals surface area contributed by atoms with Crippen molar-refractivity contribution in [2.24, 2.45) is 5.92 Å². The van der Waals surface area contributed by atoms with Crippen LogP contribution in [0.2, 0.25) is 0 Å². The molecule has 3 heterocycles. The number of thiazole rings is 1. The van der Waals surface area contributed by atoms with Crippen molar-refractivity contribution in [1.82, 2.24) is 20.7 Å². The molecule has 2 aliphatic heterocycles. The summed E-state index contributed by atoms with van der Waals surface area (Å²) >= 11 is 1.43. The Balaban J connectivity index is 1.40. The Kier molecular flexibility index (Phi) is 4.70. The Hall–Kier alpha value is -1.96. The van der Waals surface area contributed by atoms with Gasteiger partial charge in [0.2, 0.25) is 0 Å². The molecule has 132 valence electrons. The normalized spacial score (nSPS) is 25.6. The van der Waals surface area contributed by atoms with Crippen molar-refractivity contribution < 1.29 is 9.53 Å². The summed E-state index contributed by atoms with van der Waals surface area (Å²) in [4.78, 5) is 19.7. The van der Waals surface area contributed by atoms with Gasteiger partial charge < -0.3 is 9.64 Å². The van der Waals surface area contributed by atoms with Crippen LogP contribution in [-0.2, 0) is 0 Å². The molecule has 0 aliphatic carbocycles. The first-order valence-corrected chi connectivity index (χ1v) is 9.48. The maximum atomic E-state index is 12.8. The van der Waals surface area contributed by atoms with Gasteiger partial charge in [0.15, 0.2) is 0 Å². The van der Waals surface area contributed by atoms with Crippen LogP contribution in [0.5, 0.6) is 5.75 Å². The van der Waals surface area contributed by atoms with Crippen molar-refractivity contribution in [3.05, 3.63) is 46.4 Å². The van der Waals surface area contributed by atoms with E-state index in [4.69, 9.17) is 4.74 Å². The minimum atomic E-state index is 0.105. The van der Waals surface area contributed by atoms with Crippen molar-refractivity contribution in [2.45, 2.75) is 25.4 Å². The van der Waals surface area contributed by atoms with Crippen LogP contribution in [0.1, 0.15) is 21.8 Å². The molecule has 4 rings (SSSR count). The summed E-state index contributed by atoms with van der Waals surface area (Å²) in [6, 6.07) is 10.4. The summed E-state index contributed by atoms with van der Waals surface area (Å²) in [5.41, 5.74) is 9.29. The second-order valence-corrected chi connectivity index (χ2v) is 7.45. The number of benzene rings is 1. The van der Waals surface area contributed by atoms with Gasteiger partial charge in [-0.25, -0.2) is 4.98 Å². The molecule has 3 unspecified atom stereocenters. The second-order valence-electron chi connectivity index (χ2n) is 6.60. The number of carbonyl (C=O) groups is 1. The van der Waals surface area contributed by atoms with E-state index in [0.29, 0.717) is 18.6 Å². The third-order valence-electron chi connectivity index (χ3n) is 5.03. The number of carbonyl (C=O) groups excluding carboxylic acids is 1. The minimum absolute atomic E-state index is 0.105. The Morgan fingerprint density at radius 2 is 2.20 bits per heavy atom. The zero-order chi connectivity index (χ0) is 17.2. The number of para-hydroxylation sites is 1. The average Bonchev–Trinajstić information content (AvgIpc) is 3.26. The van der Waals surface area contributed by atoms with Gasteiger partial charge in [0, 0.05) is 25.0 Å². The Labute approximate surface area is 151 Å². The molecular weight excluding hydrogens is 336 g/mol. The van der Waals surface area contributed by atoms with Gasteiger partial charge >= 0.3 is 0 Å². The quantitative estimate of drug-likeness (QED) is 0.873. The molecule has 7 heteroatoms. The van der Waals surface area contributed by atoms with E-state index in [0.717, 1.165) is 35.8 Å². The molecule has 1 aromatic carbocycles. The summed E-state index contributed by atoms with van der Waals surface area (Å²) in [7, 11) is 0. The molecule has 3 atom stereocenters. The molecule has 1 aromatic heterocycles. The third kappa shape index (κ3) is 3.40. The number of ether oxygens (including phenoxy) is 1. The van der Waals surface area contributed by atoms with E-state index in [1.54, 1.807) is 5.51 Å². The van der Waals surface area contributed by atoms with Crippen molar-refractivity contribution in [2.75, 3.05) is 19.7 Å². The van der Waals surface area contributed by atoms with E-state index in [-0.39, 0.29) is 11.9 Å². The van der Waals surface area contributed by atoms with Gasteiger partial charge in [-0.3, -0.25) is 15.6 Å². The lowest BCUT2D eigenvalue weighted by Crippen LogP contribution is -2.49. The van der Waals surface area contributed by atoms with E-state index >= 15 is 0 Å². The topological polar surface area (TPSA) is 66.5 Å². The van der Waals surface area contributed by atoms with E-state index in [9.17, 15) is 4.79 Å². The zero-order valence-corrected chi connectivity index (χ0v) is 15.0. The van der Waals surface area contributed by atoms with Crippen LogP contribution in [0.3, 0.4) is 0 Å². The molecule has 0 spiro atoms. The molecule has 25 heavy (non-hydrogen) atoms. The van der Waals surface area contributed by atoms with E-state index in [1.165, 1.54) is 11.3 Å². The van der Waals surface area contributed by atoms with Gasteiger partial charge in [-0.1, -0.05) is 18.2 Å². The molecule has 0 radical (unpaired) electrons. The predicted molar refractivity (Wildman–Crippen MR) is 96.6 cm³/mol. The number of aryl methyl sites for hydroxylation is 1. The van der Waals surface area contributed by atoms with E-state index in [2.05, 4.69) is 15.8 Å². The number of amides is 1. The lowest BCUT2D eigenvalue weighted by Gasteiger charge is -2.35. The fourth-order valence-electron chi connectivity index (χ4n) is 3.59. The number of rotatable bonds is 4. The lowest BCUT2D eigenvalue weighted by atomic mass is 9.88. The van der Waals surface area contributed by atoms with Crippen molar-refractivity contribution >= 4 is 17.2 Å². The first kappa shape index (κ1) is 16.5. The summed E-state index contributed by atoms with van der Waals surface area (Å²) in [5, 5.41) is 0. The molecule has 0 saturated carbocycles. The van der Waals surface area contributed by atoms with Crippen LogP contribution >= 0.6 is 11.3 Å². The molecule has 2 aliphatic rings. The highest BCUT2D eigenvalue weighted by Crippen LogP contribution is 2.27.